The molecule has 0 amide bonds. The maximum absolute atomic E-state index is 5.54. The maximum atomic E-state index is 5.54. The predicted octanol–water partition coefficient (Wildman–Crippen LogP) is 4.11. The quantitative estimate of drug-likeness (QED) is 0.218. The number of aryl methyl sites for hydroxylation is 1. The minimum absolute atomic E-state index is 0.350. The number of ether oxygens (including phenoxy) is 2. The molecule has 3 aromatic rings. The number of aromatic nitrogens is 5. The lowest BCUT2D eigenvalue weighted by molar-refractivity contribution is 0.356. The number of hydrogen-bond acceptors (Lipinski definition) is 10. The molecule has 1 aliphatic heterocycles. The van der Waals surface area contributed by atoms with Crippen LogP contribution in [0.4, 0.5) is 11.8 Å². The first-order valence-electron chi connectivity index (χ1n) is 15.0. The molecule has 40 heavy (non-hydrogen) atoms. The van der Waals surface area contributed by atoms with Gasteiger partial charge in [-0.15, -0.1) is 5.10 Å². The predicted molar refractivity (Wildman–Crippen MR) is 158 cm³/mol. The van der Waals surface area contributed by atoms with Gasteiger partial charge in [-0.05, 0) is 64.2 Å². The normalized spacial score (nSPS) is 16.8. The van der Waals surface area contributed by atoms with E-state index in [2.05, 4.69) is 31.6 Å². The second-order valence-electron chi connectivity index (χ2n) is 11.0. The lowest BCUT2D eigenvalue weighted by Gasteiger charge is -2.25. The molecule has 1 saturated carbocycles. The summed E-state index contributed by atoms with van der Waals surface area (Å²) in [6, 6.07) is 4.93. The van der Waals surface area contributed by atoms with Crippen molar-refractivity contribution >= 4 is 22.7 Å². The Morgan fingerprint density at radius 3 is 2.52 bits per heavy atom. The van der Waals surface area contributed by atoms with E-state index >= 15 is 0 Å². The average Bonchev–Trinajstić information content (AvgIpc) is 3.46. The van der Waals surface area contributed by atoms with E-state index in [0.29, 0.717) is 30.0 Å². The smallest absolute Gasteiger partial charge is 0.225 e. The third kappa shape index (κ3) is 7.72. The van der Waals surface area contributed by atoms with Crippen molar-refractivity contribution in [2.75, 3.05) is 44.5 Å². The Kier molecular flexibility index (Phi) is 10.2. The number of methoxy groups -OCH3 is 2. The highest BCUT2D eigenvalue weighted by atomic mass is 16.5. The molecule has 1 aromatic carbocycles. The number of fused-ring (bicyclic) bond motifs is 1. The third-order valence-electron chi connectivity index (χ3n) is 8.00. The first kappa shape index (κ1) is 28.4. The summed E-state index contributed by atoms with van der Waals surface area (Å²) < 4.78 is 13.0. The topological polar surface area (TPSA) is 123 Å². The van der Waals surface area contributed by atoms with Crippen LogP contribution in [0.1, 0.15) is 69.9 Å². The van der Waals surface area contributed by atoms with Crippen LogP contribution >= 0.6 is 0 Å². The molecule has 0 spiro atoms. The Labute approximate surface area is 237 Å². The molecule has 0 bridgehead atoms. The van der Waals surface area contributed by atoms with E-state index in [1.165, 1.54) is 44.9 Å². The fourth-order valence-corrected chi connectivity index (χ4v) is 5.69. The number of rotatable bonds is 14. The molecule has 1 aliphatic carbocycles. The van der Waals surface area contributed by atoms with Crippen molar-refractivity contribution in [1.29, 1.82) is 0 Å². The van der Waals surface area contributed by atoms with Gasteiger partial charge >= 0.3 is 0 Å². The van der Waals surface area contributed by atoms with Crippen molar-refractivity contribution < 1.29 is 9.47 Å². The molecule has 2 aromatic heterocycles. The minimum Gasteiger partial charge on any atom is -0.493 e. The Morgan fingerprint density at radius 1 is 0.925 bits per heavy atom. The molecule has 5 rings (SSSR count). The van der Waals surface area contributed by atoms with Crippen LogP contribution in [0, 0.1) is 0 Å². The van der Waals surface area contributed by atoms with Gasteiger partial charge in [0.2, 0.25) is 5.95 Å². The highest BCUT2D eigenvalue weighted by molar-refractivity contribution is 5.92. The Hall–Kier alpha value is -3.18. The number of nitrogens with zero attached hydrogens (tertiary/aromatic N) is 5. The van der Waals surface area contributed by atoms with E-state index in [1.54, 1.807) is 14.2 Å². The zero-order chi connectivity index (χ0) is 27.6. The van der Waals surface area contributed by atoms with Gasteiger partial charge in [-0.2, -0.15) is 4.98 Å². The second-order valence-corrected chi connectivity index (χ2v) is 11.0. The van der Waals surface area contributed by atoms with Crippen LogP contribution in [-0.4, -0.2) is 70.9 Å². The lowest BCUT2D eigenvalue weighted by atomic mass is 9.95. The molecule has 11 heteroatoms. The van der Waals surface area contributed by atoms with Crippen molar-refractivity contribution in [3.8, 4) is 11.5 Å². The maximum Gasteiger partial charge on any atom is 0.225 e. The second kappa shape index (κ2) is 14.5. The van der Waals surface area contributed by atoms with Crippen LogP contribution < -0.4 is 30.7 Å². The number of hydrogen-bond donors (Lipinski definition) is 4. The summed E-state index contributed by atoms with van der Waals surface area (Å²) in [5.41, 5.74) is 1.65. The van der Waals surface area contributed by atoms with Crippen LogP contribution in [0.2, 0.25) is 0 Å². The summed E-state index contributed by atoms with van der Waals surface area (Å²) in [6.45, 7) is 4.49. The van der Waals surface area contributed by atoms with E-state index in [9.17, 15) is 0 Å². The summed E-state index contributed by atoms with van der Waals surface area (Å²) >= 11 is 0. The van der Waals surface area contributed by atoms with Gasteiger partial charge in [0.1, 0.15) is 11.5 Å². The molecular weight excluding hydrogens is 506 g/mol. The summed E-state index contributed by atoms with van der Waals surface area (Å²) in [6.07, 6.45) is 14.5. The van der Waals surface area contributed by atoms with Crippen LogP contribution in [0.5, 0.6) is 11.5 Å². The van der Waals surface area contributed by atoms with Crippen molar-refractivity contribution in [2.24, 2.45) is 0 Å². The number of nitrogens with one attached hydrogen (secondary N) is 4. The Morgan fingerprint density at radius 2 is 1.73 bits per heavy atom. The minimum atomic E-state index is 0.350. The highest BCUT2D eigenvalue weighted by Gasteiger charge is 2.18. The van der Waals surface area contributed by atoms with Crippen molar-refractivity contribution in [3.05, 3.63) is 24.0 Å². The molecule has 0 radical (unpaired) electrons. The Bertz CT molecular complexity index is 1210. The van der Waals surface area contributed by atoms with Crippen LogP contribution in [-0.2, 0) is 13.1 Å². The van der Waals surface area contributed by atoms with E-state index in [4.69, 9.17) is 19.4 Å². The summed E-state index contributed by atoms with van der Waals surface area (Å²) in [7, 11) is 3.28. The van der Waals surface area contributed by atoms with E-state index in [-0.39, 0.29) is 0 Å². The summed E-state index contributed by atoms with van der Waals surface area (Å²) in [5.74, 6) is 2.63. The average molecular weight is 552 g/mol. The molecule has 0 atom stereocenters. The first-order chi connectivity index (χ1) is 19.7. The number of anilines is 2. The van der Waals surface area contributed by atoms with E-state index < -0.39 is 0 Å². The van der Waals surface area contributed by atoms with Crippen LogP contribution in [0.3, 0.4) is 0 Å². The first-order valence-corrected chi connectivity index (χ1v) is 15.0. The van der Waals surface area contributed by atoms with Crippen molar-refractivity contribution in [3.63, 3.8) is 0 Å². The van der Waals surface area contributed by atoms with Gasteiger partial charge in [0, 0.05) is 30.1 Å². The SMILES string of the molecule is COc1cc2nc(NCc3cn(CCCCCNC4CCCCC4)nn3)nc(NC3CCNCC3)c2cc1OC. The monoisotopic (exact) mass is 551 g/mol. The van der Waals surface area contributed by atoms with E-state index in [1.807, 2.05) is 23.0 Å². The van der Waals surface area contributed by atoms with Gasteiger partial charge < -0.3 is 30.7 Å². The fraction of sp³-hybridized carbons (Fsp3) is 0.655. The van der Waals surface area contributed by atoms with Gasteiger partial charge in [0.05, 0.1) is 32.5 Å². The molecular formula is C29H45N9O2. The largest absolute Gasteiger partial charge is 0.493 e. The van der Waals surface area contributed by atoms with Crippen LogP contribution in [0.15, 0.2) is 18.3 Å². The molecule has 2 fully saturated rings. The third-order valence-corrected chi connectivity index (χ3v) is 8.00. The molecule has 1 saturated heterocycles. The zero-order valence-corrected chi connectivity index (χ0v) is 24.0. The molecule has 3 heterocycles. The van der Waals surface area contributed by atoms with Gasteiger partial charge in [0.15, 0.2) is 11.5 Å². The highest BCUT2D eigenvalue weighted by Crippen LogP contribution is 2.35. The van der Waals surface area contributed by atoms with Crippen LogP contribution in [0.25, 0.3) is 10.9 Å². The number of piperidine rings is 1. The molecule has 2 aliphatic rings. The molecule has 4 N–H and O–H groups in total. The molecule has 11 nitrogen and oxygen atoms in total. The fourth-order valence-electron chi connectivity index (χ4n) is 5.69. The zero-order valence-electron chi connectivity index (χ0n) is 24.0. The molecule has 0 unspecified atom stereocenters. The van der Waals surface area contributed by atoms with Crippen molar-refractivity contribution in [1.82, 2.24) is 35.6 Å². The Balaban J connectivity index is 1.16. The number of unbranched alkanes of at least 4 members (excludes halogenated alkanes) is 2. The van der Waals surface area contributed by atoms with Gasteiger partial charge in [-0.3, -0.25) is 4.68 Å². The number of benzene rings is 1. The van der Waals surface area contributed by atoms with E-state index in [0.717, 1.165) is 73.9 Å². The summed E-state index contributed by atoms with van der Waals surface area (Å²) in [4.78, 5) is 9.62. The van der Waals surface area contributed by atoms with Gasteiger partial charge in [0.25, 0.3) is 0 Å². The van der Waals surface area contributed by atoms with Gasteiger partial charge in [-0.25, -0.2) is 4.98 Å². The molecule has 218 valence electrons. The van der Waals surface area contributed by atoms with Crippen molar-refractivity contribution in [2.45, 2.75) is 89.4 Å². The standard InChI is InChI=1S/C29H45N9O2/c1-39-26-17-24-25(18-27(26)40-2)34-29(35-28(24)33-22-11-14-30-15-12-22)32-19-23-20-38(37-36-23)16-8-4-7-13-31-21-9-5-3-6-10-21/h17-18,20-22,30-31H,3-16,19H2,1-2H3,(H2,32,33,34,35). The lowest BCUT2D eigenvalue weighted by Crippen LogP contribution is -2.35. The summed E-state index contributed by atoms with van der Waals surface area (Å²) in [5, 5.41) is 23.7. The van der Waals surface area contributed by atoms with Gasteiger partial charge in [-0.1, -0.05) is 30.9 Å².